The number of rotatable bonds is 11. The third kappa shape index (κ3) is 6.62. The van der Waals surface area contributed by atoms with Crippen LogP contribution in [-0.4, -0.2) is 55.4 Å². The molecule has 1 amide bonds. The molecule has 40 heavy (non-hydrogen) atoms. The first-order chi connectivity index (χ1) is 19.1. The second-order valence-electron chi connectivity index (χ2n) is 10.6. The van der Waals surface area contributed by atoms with Gasteiger partial charge in [0.1, 0.15) is 23.2 Å². The first kappa shape index (κ1) is 30.6. The molecule has 1 heterocycles. The third-order valence-electron chi connectivity index (χ3n) is 6.72. The van der Waals surface area contributed by atoms with Gasteiger partial charge in [0.25, 0.3) is 0 Å². The van der Waals surface area contributed by atoms with Gasteiger partial charge in [0.15, 0.2) is 5.82 Å². The number of anilines is 2. The number of nitrogens with one attached hydrogen (secondary N) is 1. The summed E-state index contributed by atoms with van der Waals surface area (Å²) in [5, 5.41) is 3.18. The standard InChI is InChI=1S/C32H39F2N5O/c1-8-9-18-38(22(2)20-35-6)30(36-7)24-19-27(34)29(23-14-10-12-16-26(23)33)37-31(24)39(21-40)28-17-13-11-15-25(28)32(3,4)5/h8,10-17,19,21-22,35H,1,9,18,20H2,2-7H3. The van der Waals surface area contributed by atoms with Gasteiger partial charge in [0.2, 0.25) is 6.41 Å². The summed E-state index contributed by atoms with van der Waals surface area (Å²) in [6.07, 6.45) is 3.14. The van der Waals surface area contributed by atoms with E-state index in [4.69, 9.17) is 0 Å². The maximum atomic E-state index is 15.9. The Balaban J connectivity index is 2.38. The molecule has 1 atom stereocenters. The predicted octanol–water partition coefficient (Wildman–Crippen LogP) is 6.48. The Bertz CT molecular complexity index is 1370. The number of aromatic nitrogens is 1. The van der Waals surface area contributed by atoms with Crippen LogP contribution < -0.4 is 10.2 Å². The Kier molecular flexibility index (Phi) is 10.3. The number of hydrogen-bond acceptors (Lipinski definition) is 4. The second-order valence-corrected chi connectivity index (χ2v) is 10.6. The van der Waals surface area contributed by atoms with Gasteiger partial charge in [0.05, 0.1) is 11.3 Å². The molecule has 0 bridgehead atoms. The van der Waals surface area contributed by atoms with Gasteiger partial charge in [-0.15, -0.1) is 6.58 Å². The van der Waals surface area contributed by atoms with Crippen LogP contribution >= 0.6 is 0 Å². The Morgan fingerprint density at radius 3 is 2.40 bits per heavy atom. The second kappa shape index (κ2) is 13.4. The maximum absolute atomic E-state index is 15.9. The van der Waals surface area contributed by atoms with Crippen molar-refractivity contribution in [2.45, 2.75) is 45.6 Å². The summed E-state index contributed by atoms with van der Waals surface area (Å²) in [6.45, 7) is 13.2. The number of pyridine rings is 1. The van der Waals surface area contributed by atoms with Crippen LogP contribution in [0, 0.1) is 11.6 Å². The maximum Gasteiger partial charge on any atom is 0.219 e. The minimum atomic E-state index is -0.718. The number of amides is 1. The number of nitrogens with zero attached hydrogens (tertiary/aromatic N) is 4. The van der Waals surface area contributed by atoms with Gasteiger partial charge in [-0.1, -0.05) is 57.2 Å². The number of carbonyl (C=O) groups is 1. The van der Waals surface area contributed by atoms with Gasteiger partial charge in [-0.2, -0.15) is 0 Å². The molecule has 1 unspecified atom stereocenters. The largest absolute Gasteiger partial charge is 0.352 e. The number of halogens is 2. The highest BCUT2D eigenvalue weighted by molar-refractivity contribution is 6.06. The van der Waals surface area contributed by atoms with Crippen LogP contribution in [0.5, 0.6) is 0 Å². The molecule has 0 radical (unpaired) electrons. The van der Waals surface area contributed by atoms with Crippen molar-refractivity contribution >= 4 is 23.8 Å². The van der Waals surface area contributed by atoms with Gasteiger partial charge in [-0.25, -0.2) is 13.8 Å². The Labute approximate surface area is 236 Å². The fraction of sp³-hybridized carbons (Fsp3) is 0.344. The fourth-order valence-corrected chi connectivity index (χ4v) is 4.78. The van der Waals surface area contributed by atoms with Crippen molar-refractivity contribution in [3.8, 4) is 11.3 Å². The van der Waals surface area contributed by atoms with Crippen LogP contribution in [-0.2, 0) is 10.2 Å². The smallest absolute Gasteiger partial charge is 0.219 e. The fourth-order valence-electron chi connectivity index (χ4n) is 4.78. The number of benzene rings is 2. The highest BCUT2D eigenvalue weighted by Crippen LogP contribution is 2.38. The van der Waals surface area contributed by atoms with E-state index in [1.165, 1.54) is 29.2 Å². The molecule has 3 aromatic rings. The number of carbonyl (C=O) groups excluding carboxylic acids is 1. The van der Waals surface area contributed by atoms with Crippen LogP contribution in [0.4, 0.5) is 20.3 Å². The lowest BCUT2D eigenvalue weighted by molar-refractivity contribution is -0.106. The highest BCUT2D eigenvalue weighted by atomic mass is 19.1. The molecule has 0 saturated carbocycles. The van der Waals surface area contributed by atoms with E-state index < -0.39 is 11.6 Å². The van der Waals surface area contributed by atoms with Crippen molar-refractivity contribution in [3.63, 3.8) is 0 Å². The zero-order chi connectivity index (χ0) is 29.4. The average Bonchev–Trinajstić information content (AvgIpc) is 2.92. The van der Waals surface area contributed by atoms with Crippen LogP contribution in [0.15, 0.2) is 72.2 Å². The lowest BCUT2D eigenvalue weighted by atomic mass is 9.85. The van der Waals surface area contributed by atoms with Crippen LogP contribution in [0.1, 0.15) is 45.2 Å². The predicted molar refractivity (Wildman–Crippen MR) is 160 cm³/mol. The molecule has 2 aromatic carbocycles. The number of hydrogen-bond donors (Lipinski definition) is 1. The van der Waals surface area contributed by atoms with Crippen LogP contribution in [0.25, 0.3) is 11.3 Å². The Morgan fingerprint density at radius 1 is 1.12 bits per heavy atom. The van der Waals surface area contributed by atoms with E-state index in [0.717, 1.165) is 5.56 Å². The molecular formula is C32H39F2N5O. The minimum absolute atomic E-state index is 0.00445. The molecule has 0 spiro atoms. The molecule has 0 saturated heterocycles. The van der Waals surface area contributed by atoms with Gasteiger partial charge in [-0.3, -0.25) is 14.7 Å². The van der Waals surface area contributed by atoms with E-state index in [2.05, 4.69) is 21.9 Å². The van der Waals surface area contributed by atoms with Gasteiger partial charge >= 0.3 is 0 Å². The van der Waals surface area contributed by atoms with Crippen molar-refractivity contribution in [3.05, 3.63) is 90.0 Å². The molecule has 8 heteroatoms. The van der Waals surface area contributed by atoms with Crippen LogP contribution in [0.2, 0.25) is 0 Å². The van der Waals surface area contributed by atoms with Crippen molar-refractivity contribution < 1.29 is 13.6 Å². The van der Waals surface area contributed by atoms with E-state index in [1.54, 1.807) is 13.1 Å². The summed E-state index contributed by atoms with van der Waals surface area (Å²) in [5.41, 5.74) is 1.32. The van der Waals surface area contributed by atoms with E-state index >= 15 is 4.39 Å². The monoisotopic (exact) mass is 547 g/mol. The molecule has 1 N–H and O–H groups in total. The number of aliphatic imine (C=N–C) groups is 1. The third-order valence-corrected chi connectivity index (χ3v) is 6.72. The molecular weight excluding hydrogens is 508 g/mol. The number of para-hydroxylation sites is 1. The lowest BCUT2D eigenvalue weighted by Crippen LogP contribution is -2.45. The molecule has 0 fully saturated rings. The molecule has 0 aliphatic carbocycles. The highest BCUT2D eigenvalue weighted by Gasteiger charge is 2.30. The lowest BCUT2D eigenvalue weighted by Gasteiger charge is -2.34. The van der Waals surface area contributed by atoms with E-state index in [1.807, 2.05) is 70.0 Å². The van der Waals surface area contributed by atoms with E-state index in [9.17, 15) is 9.18 Å². The minimum Gasteiger partial charge on any atom is -0.352 e. The summed E-state index contributed by atoms with van der Waals surface area (Å²) in [4.78, 5) is 25.5. The molecule has 6 nitrogen and oxygen atoms in total. The summed E-state index contributed by atoms with van der Waals surface area (Å²) in [7, 11) is 3.49. The molecule has 0 aliphatic rings. The van der Waals surface area contributed by atoms with Gasteiger partial charge in [-0.05, 0) is 55.6 Å². The van der Waals surface area contributed by atoms with Crippen molar-refractivity contribution in [2.75, 3.05) is 32.1 Å². The first-order valence-electron chi connectivity index (χ1n) is 13.4. The molecule has 1 aromatic heterocycles. The van der Waals surface area contributed by atoms with Gasteiger partial charge in [0, 0.05) is 31.7 Å². The number of likely N-dealkylation sites (N-methyl/N-ethyl adjacent to an activating group) is 1. The first-order valence-corrected chi connectivity index (χ1v) is 13.4. The SMILES string of the molecule is C=CCCN(C(=NC)c1cc(F)c(-c2ccccc2F)nc1N(C=O)c1ccccc1C(C)(C)C)C(C)CNC. The van der Waals surface area contributed by atoms with Crippen molar-refractivity contribution in [1.29, 1.82) is 0 Å². The summed E-state index contributed by atoms with van der Waals surface area (Å²) in [6, 6.07) is 14.7. The Morgan fingerprint density at radius 2 is 1.80 bits per heavy atom. The summed E-state index contributed by atoms with van der Waals surface area (Å²) < 4.78 is 30.7. The van der Waals surface area contributed by atoms with Crippen molar-refractivity contribution in [1.82, 2.24) is 15.2 Å². The summed E-state index contributed by atoms with van der Waals surface area (Å²) >= 11 is 0. The normalized spacial score (nSPS) is 12.7. The average molecular weight is 548 g/mol. The molecule has 3 rings (SSSR count). The van der Waals surface area contributed by atoms with Crippen molar-refractivity contribution in [2.24, 2.45) is 4.99 Å². The zero-order valence-electron chi connectivity index (χ0n) is 24.2. The van der Waals surface area contributed by atoms with Gasteiger partial charge < -0.3 is 10.2 Å². The van der Waals surface area contributed by atoms with E-state index in [0.29, 0.717) is 43.0 Å². The Hall–Kier alpha value is -3.91. The van der Waals surface area contributed by atoms with Crippen LogP contribution in [0.3, 0.4) is 0 Å². The zero-order valence-corrected chi connectivity index (χ0v) is 24.2. The van der Waals surface area contributed by atoms with E-state index in [-0.39, 0.29) is 28.5 Å². The quantitative estimate of drug-likeness (QED) is 0.129. The topological polar surface area (TPSA) is 60.8 Å². The molecule has 212 valence electrons. The molecule has 0 aliphatic heterocycles. The summed E-state index contributed by atoms with van der Waals surface area (Å²) in [5.74, 6) is -0.705. The number of amidine groups is 1.